The summed E-state index contributed by atoms with van der Waals surface area (Å²) in [6.45, 7) is 0. The standard InChI is InChI=1S/C52H34N4O/c1-6-18-35(19-7-1)38-32-43(36-20-8-2-9-21-36)49-45(33-38)48-50(57-49)52(54-51(53-48)37-22-10-3-11-23-37)56-46-29-17-16-28-42(46)44-34-41(30-31-47(44)56)55(39-24-12-4-13-25-39)40-26-14-5-15-27-40/h1-34H. The summed E-state index contributed by atoms with van der Waals surface area (Å²) in [6, 6.07) is 71.9. The Bertz CT molecular complexity index is 3170. The molecule has 5 heteroatoms. The van der Waals surface area contributed by atoms with Crippen LogP contribution in [0.15, 0.2) is 211 Å². The molecular weight excluding hydrogens is 697 g/mol. The van der Waals surface area contributed by atoms with Crippen LogP contribution in [-0.4, -0.2) is 14.5 Å². The second-order valence-electron chi connectivity index (χ2n) is 14.2. The molecule has 0 spiro atoms. The average molecular weight is 731 g/mol. The largest absolute Gasteiger partial charge is 0.450 e. The van der Waals surface area contributed by atoms with Crippen LogP contribution in [0.5, 0.6) is 0 Å². The van der Waals surface area contributed by atoms with E-state index in [1.165, 1.54) is 0 Å². The predicted molar refractivity (Wildman–Crippen MR) is 235 cm³/mol. The molecule has 0 unspecified atom stereocenters. The van der Waals surface area contributed by atoms with Crippen LogP contribution in [-0.2, 0) is 0 Å². The fourth-order valence-electron chi connectivity index (χ4n) is 8.16. The number of rotatable bonds is 7. The van der Waals surface area contributed by atoms with E-state index in [4.69, 9.17) is 14.4 Å². The van der Waals surface area contributed by atoms with Crippen molar-refractivity contribution in [1.82, 2.24) is 14.5 Å². The molecule has 0 bridgehead atoms. The molecule has 11 aromatic rings. The average Bonchev–Trinajstić information content (AvgIpc) is 3.83. The van der Waals surface area contributed by atoms with Crippen LogP contribution in [0.1, 0.15) is 0 Å². The quantitative estimate of drug-likeness (QED) is 0.164. The van der Waals surface area contributed by atoms with Gasteiger partial charge in [0.15, 0.2) is 17.2 Å². The van der Waals surface area contributed by atoms with Crippen molar-refractivity contribution < 1.29 is 4.42 Å². The lowest BCUT2D eigenvalue weighted by Crippen LogP contribution is -2.09. The Labute approximate surface area is 329 Å². The van der Waals surface area contributed by atoms with E-state index in [2.05, 4.69) is 191 Å². The first-order chi connectivity index (χ1) is 28.3. The topological polar surface area (TPSA) is 47.1 Å². The van der Waals surface area contributed by atoms with Gasteiger partial charge in [0.2, 0.25) is 0 Å². The molecule has 268 valence electrons. The third kappa shape index (κ3) is 5.56. The Morgan fingerprint density at radius 2 is 0.947 bits per heavy atom. The van der Waals surface area contributed by atoms with Gasteiger partial charge in [-0.05, 0) is 77.4 Å². The van der Waals surface area contributed by atoms with Gasteiger partial charge in [0.25, 0.3) is 0 Å². The Balaban J connectivity index is 1.22. The third-order valence-corrected chi connectivity index (χ3v) is 10.8. The number of aromatic nitrogens is 3. The molecule has 3 heterocycles. The first-order valence-electron chi connectivity index (χ1n) is 19.2. The van der Waals surface area contributed by atoms with Crippen molar-refractivity contribution in [2.75, 3.05) is 4.90 Å². The van der Waals surface area contributed by atoms with Gasteiger partial charge in [-0.2, -0.15) is 0 Å². The van der Waals surface area contributed by atoms with Crippen LogP contribution in [0, 0.1) is 0 Å². The summed E-state index contributed by atoms with van der Waals surface area (Å²) in [5, 5.41) is 3.17. The number of furan rings is 1. The Morgan fingerprint density at radius 1 is 0.386 bits per heavy atom. The van der Waals surface area contributed by atoms with E-state index in [1.54, 1.807) is 0 Å². The van der Waals surface area contributed by atoms with Crippen LogP contribution in [0.3, 0.4) is 0 Å². The van der Waals surface area contributed by atoms with Gasteiger partial charge in [0.05, 0.1) is 11.0 Å². The van der Waals surface area contributed by atoms with Crippen LogP contribution in [0.4, 0.5) is 17.1 Å². The summed E-state index contributed by atoms with van der Waals surface area (Å²) in [7, 11) is 0. The number of para-hydroxylation sites is 3. The first kappa shape index (κ1) is 32.7. The first-order valence-corrected chi connectivity index (χ1v) is 19.2. The van der Waals surface area contributed by atoms with Crippen molar-refractivity contribution >= 4 is 60.9 Å². The Hall–Kier alpha value is -7.76. The van der Waals surface area contributed by atoms with Crippen LogP contribution < -0.4 is 4.90 Å². The molecular formula is C52H34N4O. The minimum absolute atomic E-state index is 0.633. The van der Waals surface area contributed by atoms with Gasteiger partial charge in [0, 0.05) is 44.3 Å². The monoisotopic (exact) mass is 730 g/mol. The summed E-state index contributed by atoms with van der Waals surface area (Å²) in [5.74, 6) is 1.33. The molecule has 8 aromatic carbocycles. The van der Waals surface area contributed by atoms with Crippen LogP contribution in [0.2, 0.25) is 0 Å². The van der Waals surface area contributed by atoms with E-state index in [-0.39, 0.29) is 0 Å². The van der Waals surface area contributed by atoms with Crippen molar-refractivity contribution in [2.24, 2.45) is 0 Å². The molecule has 0 radical (unpaired) electrons. The fraction of sp³-hybridized carbons (Fsp3) is 0. The normalized spacial score (nSPS) is 11.5. The van der Waals surface area contributed by atoms with Gasteiger partial charge in [-0.1, -0.05) is 146 Å². The zero-order valence-corrected chi connectivity index (χ0v) is 30.8. The summed E-state index contributed by atoms with van der Waals surface area (Å²) in [5.41, 5.74) is 12.7. The van der Waals surface area contributed by atoms with Gasteiger partial charge in [-0.15, -0.1) is 0 Å². The van der Waals surface area contributed by atoms with E-state index in [0.717, 1.165) is 83.2 Å². The highest BCUT2D eigenvalue weighted by molar-refractivity contribution is 6.14. The van der Waals surface area contributed by atoms with Gasteiger partial charge < -0.3 is 9.32 Å². The highest BCUT2D eigenvalue weighted by Gasteiger charge is 2.25. The number of benzene rings is 8. The Kier molecular flexibility index (Phi) is 7.74. The predicted octanol–water partition coefficient (Wildman–Crippen LogP) is 13.9. The maximum Gasteiger partial charge on any atom is 0.197 e. The molecule has 57 heavy (non-hydrogen) atoms. The molecule has 11 rings (SSSR count). The number of hydrogen-bond donors (Lipinski definition) is 0. The molecule has 5 nitrogen and oxygen atoms in total. The van der Waals surface area contributed by atoms with E-state index in [0.29, 0.717) is 17.2 Å². The minimum atomic E-state index is 0.633. The zero-order chi connectivity index (χ0) is 37.7. The van der Waals surface area contributed by atoms with E-state index in [9.17, 15) is 0 Å². The molecule has 0 aliphatic rings. The molecule has 0 aliphatic carbocycles. The molecule has 3 aromatic heterocycles. The molecule has 0 saturated carbocycles. The molecule has 0 atom stereocenters. The van der Waals surface area contributed by atoms with Gasteiger partial charge in [-0.25, -0.2) is 9.97 Å². The second kappa shape index (κ2) is 13.5. The summed E-state index contributed by atoms with van der Waals surface area (Å²) in [4.78, 5) is 13.0. The van der Waals surface area contributed by atoms with Crippen LogP contribution in [0.25, 0.3) is 83.3 Å². The lowest BCUT2D eigenvalue weighted by molar-refractivity contribution is 0.663. The second-order valence-corrected chi connectivity index (χ2v) is 14.2. The minimum Gasteiger partial charge on any atom is -0.450 e. The van der Waals surface area contributed by atoms with E-state index in [1.807, 2.05) is 24.3 Å². The third-order valence-electron chi connectivity index (χ3n) is 10.8. The van der Waals surface area contributed by atoms with E-state index < -0.39 is 0 Å². The lowest BCUT2D eigenvalue weighted by Gasteiger charge is -2.25. The van der Waals surface area contributed by atoms with E-state index >= 15 is 0 Å². The maximum absolute atomic E-state index is 7.10. The molecule has 0 fully saturated rings. The number of fused-ring (bicyclic) bond motifs is 6. The molecule has 0 amide bonds. The van der Waals surface area contributed by atoms with Crippen molar-refractivity contribution in [3.05, 3.63) is 206 Å². The SMILES string of the molecule is c1ccc(-c2cc(-c3ccccc3)c3oc4c(-n5c6ccccc6c6cc(N(c7ccccc7)c7ccccc7)ccc65)nc(-c5ccccc5)nc4c3c2)cc1. The number of hydrogen-bond acceptors (Lipinski definition) is 4. The van der Waals surface area contributed by atoms with Gasteiger partial charge in [0.1, 0.15) is 11.1 Å². The lowest BCUT2D eigenvalue weighted by atomic mass is 9.96. The smallest absolute Gasteiger partial charge is 0.197 e. The van der Waals surface area contributed by atoms with Gasteiger partial charge in [-0.3, -0.25) is 4.57 Å². The molecule has 0 aliphatic heterocycles. The zero-order valence-electron chi connectivity index (χ0n) is 30.8. The number of anilines is 3. The molecule has 0 N–H and O–H groups in total. The van der Waals surface area contributed by atoms with Crippen molar-refractivity contribution in [3.63, 3.8) is 0 Å². The van der Waals surface area contributed by atoms with Crippen LogP contribution >= 0.6 is 0 Å². The van der Waals surface area contributed by atoms with Gasteiger partial charge >= 0.3 is 0 Å². The highest BCUT2D eigenvalue weighted by atomic mass is 16.3. The fourth-order valence-corrected chi connectivity index (χ4v) is 8.16. The van der Waals surface area contributed by atoms with Crippen molar-refractivity contribution in [1.29, 1.82) is 0 Å². The maximum atomic E-state index is 7.10. The summed E-state index contributed by atoms with van der Waals surface area (Å²) < 4.78 is 9.35. The molecule has 0 saturated heterocycles. The summed E-state index contributed by atoms with van der Waals surface area (Å²) >= 11 is 0. The highest BCUT2D eigenvalue weighted by Crippen LogP contribution is 2.44. The number of nitrogens with zero attached hydrogens (tertiary/aromatic N) is 4. The van der Waals surface area contributed by atoms with Crippen molar-refractivity contribution in [2.45, 2.75) is 0 Å². The van der Waals surface area contributed by atoms with Crippen molar-refractivity contribution in [3.8, 4) is 39.5 Å². The summed E-state index contributed by atoms with van der Waals surface area (Å²) in [6.07, 6.45) is 0. The Morgan fingerprint density at radius 3 is 1.61 bits per heavy atom.